The van der Waals surface area contributed by atoms with Gasteiger partial charge in [-0.3, -0.25) is 0 Å². The summed E-state index contributed by atoms with van der Waals surface area (Å²) in [5.74, 6) is -1.18. The molecule has 5 heteroatoms. The molecule has 0 aliphatic rings. The first-order valence-electron chi connectivity index (χ1n) is 6.17. The average molecular weight is 361 g/mol. The van der Waals surface area contributed by atoms with Crippen molar-refractivity contribution in [1.82, 2.24) is 5.32 Å². The van der Waals surface area contributed by atoms with Crippen molar-refractivity contribution in [3.05, 3.63) is 68.7 Å². The Morgan fingerprint density at radius 1 is 1.15 bits per heavy atom. The zero-order valence-electron chi connectivity index (χ0n) is 10.8. The van der Waals surface area contributed by atoms with Crippen LogP contribution in [0.25, 0.3) is 0 Å². The summed E-state index contributed by atoms with van der Waals surface area (Å²) in [6.07, 6.45) is 0. The molecular formula is C15H13BrClF2N. The van der Waals surface area contributed by atoms with Crippen LogP contribution < -0.4 is 5.32 Å². The van der Waals surface area contributed by atoms with Crippen LogP contribution in [0.4, 0.5) is 8.78 Å². The van der Waals surface area contributed by atoms with Gasteiger partial charge < -0.3 is 5.32 Å². The average Bonchev–Trinajstić information content (AvgIpc) is 2.41. The predicted molar refractivity (Wildman–Crippen MR) is 81.0 cm³/mol. The maximum Gasteiger partial charge on any atom is 0.131 e. The fourth-order valence-electron chi connectivity index (χ4n) is 2.10. The third-order valence-corrected chi connectivity index (χ3v) is 4.30. The molecule has 0 saturated carbocycles. The van der Waals surface area contributed by atoms with Crippen LogP contribution in [0, 0.1) is 11.6 Å². The molecule has 0 saturated heterocycles. The normalized spacial score (nSPS) is 12.4. The van der Waals surface area contributed by atoms with Crippen molar-refractivity contribution in [2.75, 3.05) is 6.54 Å². The Morgan fingerprint density at radius 2 is 1.75 bits per heavy atom. The number of hydrogen-bond donors (Lipinski definition) is 1. The van der Waals surface area contributed by atoms with Crippen molar-refractivity contribution in [3.63, 3.8) is 0 Å². The van der Waals surface area contributed by atoms with Crippen molar-refractivity contribution in [2.24, 2.45) is 0 Å². The molecule has 0 aromatic heterocycles. The van der Waals surface area contributed by atoms with Gasteiger partial charge in [0.25, 0.3) is 0 Å². The van der Waals surface area contributed by atoms with Gasteiger partial charge in [-0.15, -0.1) is 0 Å². The molecule has 1 unspecified atom stereocenters. The van der Waals surface area contributed by atoms with E-state index < -0.39 is 17.7 Å². The maximum absolute atomic E-state index is 14.0. The van der Waals surface area contributed by atoms with Crippen LogP contribution in [0.1, 0.15) is 24.1 Å². The lowest BCUT2D eigenvalue weighted by Crippen LogP contribution is -2.24. The largest absolute Gasteiger partial charge is 0.306 e. The van der Waals surface area contributed by atoms with Crippen LogP contribution in [-0.2, 0) is 0 Å². The van der Waals surface area contributed by atoms with Gasteiger partial charge in [0.2, 0.25) is 0 Å². The highest BCUT2D eigenvalue weighted by atomic mass is 79.9. The molecule has 1 N–H and O–H groups in total. The van der Waals surface area contributed by atoms with Gasteiger partial charge in [0.05, 0.1) is 11.1 Å². The van der Waals surface area contributed by atoms with Crippen molar-refractivity contribution in [1.29, 1.82) is 0 Å². The van der Waals surface area contributed by atoms with E-state index in [4.69, 9.17) is 11.6 Å². The minimum Gasteiger partial charge on any atom is -0.306 e. The maximum atomic E-state index is 14.0. The van der Waals surface area contributed by atoms with Crippen LogP contribution in [-0.4, -0.2) is 6.54 Å². The van der Waals surface area contributed by atoms with Crippen LogP contribution >= 0.6 is 27.5 Å². The highest BCUT2D eigenvalue weighted by Crippen LogP contribution is 2.35. The fourth-order valence-corrected chi connectivity index (χ4v) is 2.72. The number of halogens is 4. The summed E-state index contributed by atoms with van der Waals surface area (Å²) in [5.41, 5.74) is 0.612. The summed E-state index contributed by atoms with van der Waals surface area (Å²) >= 11 is 9.57. The third-order valence-electron chi connectivity index (χ3n) is 2.99. The Morgan fingerprint density at radius 3 is 2.35 bits per heavy atom. The molecule has 0 spiro atoms. The molecule has 0 aliphatic heterocycles. The molecule has 0 amide bonds. The van der Waals surface area contributed by atoms with E-state index in [9.17, 15) is 8.78 Å². The number of hydrogen-bond acceptors (Lipinski definition) is 1. The molecular weight excluding hydrogens is 348 g/mol. The predicted octanol–water partition coefficient (Wildman–Crippen LogP) is 5.08. The minimum atomic E-state index is -0.633. The fraction of sp³-hybridized carbons (Fsp3) is 0.200. The molecule has 2 aromatic rings. The van der Waals surface area contributed by atoms with Gasteiger partial charge in [-0.1, -0.05) is 36.7 Å². The minimum absolute atomic E-state index is 0.0191. The standard InChI is InChI=1S/C15H13BrClF2N/c1-2-20-15(9-5-3-6-10(16)14(9)17)13-11(18)7-4-8-12(13)19/h3-8,15,20H,2H2,1H3. The Balaban J connectivity index is 2.60. The SMILES string of the molecule is CCNC(c1cccc(Br)c1Cl)c1c(F)cccc1F. The van der Waals surface area contributed by atoms with Crippen LogP contribution in [0.3, 0.4) is 0 Å². The van der Waals surface area contributed by atoms with Crippen molar-refractivity contribution in [3.8, 4) is 0 Å². The number of nitrogens with one attached hydrogen (secondary N) is 1. The summed E-state index contributed by atoms with van der Waals surface area (Å²) in [4.78, 5) is 0. The van der Waals surface area contributed by atoms with E-state index >= 15 is 0 Å². The van der Waals surface area contributed by atoms with Crippen LogP contribution in [0.15, 0.2) is 40.9 Å². The summed E-state index contributed by atoms with van der Waals surface area (Å²) < 4.78 is 28.7. The first kappa shape index (κ1) is 15.4. The van der Waals surface area contributed by atoms with Gasteiger partial charge in [-0.2, -0.15) is 0 Å². The lowest BCUT2D eigenvalue weighted by Gasteiger charge is -2.21. The Labute approximate surface area is 130 Å². The van der Waals surface area contributed by atoms with E-state index in [-0.39, 0.29) is 5.56 Å². The van der Waals surface area contributed by atoms with E-state index in [1.165, 1.54) is 18.2 Å². The van der Waals surface area contributed by atoms with Crippen molar-refractivity contribution < 1.29 is 8.78 Å². The van der Waals surface area contributed by atoms with E-state index in [1.807, 2.05) is 6.92 Å². The second-order valence-electron chi connectivity index (χ2n) is 4.27. The van der Waals surface area contributed by atoms with Crippen LogP contribution in [0.5, 0.6) is 0 Å². The van der Waals surface area contributed by atoms with Crippen molar-refractivity contribution >= 4 is 27.5 Å². The van der Waals surface area contributed by atoms with E-state index in [1.54, 1.807) is 18.2 Å². The lowest BCUT2D eigenvalue weighted by molar-refractivity contribution is 0.510. The second kappa shape index (κ2) is 6.66. The van der Waals surface area contributed by atoms with Gasteiger partial charge in [0.1, 0.15) is 11.6 Å². The Kier molecular flexibility index (Phi) is 5.13. The van der Waals surface area contributed by atoms with Gasteiger partial charge in [-0.05, 0) is 46.2 Å². The molecule has 0 radical (unpaired) electrons. The monoisotopic (exact) mass is 359 g/mol. The zero-order valence-corrected chi connectivity index (χ0v) is 13.1. The van der Waals surface area contributed by atoms with Crippen molar-refractivity contribution in [2.45, 2.75) is 13.0 Å². The molecule has 0 bridgehead atoms. The lowest BCUT2D eigenvalue weighted by atomic mass is 9.97. The first-order valence-corrected chi connectivity index (χ1v) is 7.34. The van der Waals surface area contributed by atoms with E-state index in [2.05, 4.69) is 21.2 Å². The van der Waals surface area contributed by atoms with Gasteiger partial charge >= 0.3 is 0 Å². The molecule has 2 aromatic carbocycles. The summed E-state index contributed by atoms with van der Waals surface area (Å²) in [7, 11) is 0. The van der Waals surface area contributed by atoms with Gasteiger partial charge in [0.15, 0.2) is 0 Å². The van der Waals surface area contributed by atoms with Gasteiger partial charge in [-0.25, -0.2) is 8.78 Å². The second-order valence-corrected chi connectivity index (χ2v) is 5.50. The third kappa shape index (κ3) is 3.03. The van der Waals surface area contributed by atoms with Crippen LogP contribution in [0.2, 0.25) is 5.02 Å². The molecule has 0 aliphatic carbocycles. The number of benzene rings is 2. The zero-order chi connectivity index (χ0) is 14.7. The quantitative estimate of drug-likeness (QED) is 0.802. The molecule has 1 nitrogen and oxygen atoms in total. The summed E-state index contributed by atoms with van der Waals surface area (Å²) in [6, 6.07) is 8.53. The van der Waals surface area contributed by atoms with Gasteiger partial charge in [0, 0.05) is 10.0 Å². The van der Waals surface area contributed by atoms with E-state index in [0.717, 1.165) is 0 Å². The number of rotatable bonds is 4. The highest BCUT2D eigenvalue weighted by Gasteiger charge is 2.23. The summed E-state index contributed by atoms with van der Waals surface area (Å²) in [5, 5.41) is 3.53. The topological polar surface area (TPSA) is 12.0 Å². The Hall–Kier alpha value is -0.970. The summed E-state index contributed by atoms with van der Waals surface area (Å²) in [6.45, 7) is 2.43. The molecule has 20 heavy (non-hydrogen) atoms. The molecule has 2 rings (SSSR count). The van der Waals surface area contributed by atoms with E-state index in [0.29, 0.717) is 21.6 Å². The molecule has 106 valence electrons. The molecule has 1 atom stereocenters. The Bertz CT molecular complexity index is 599. The highest BCUT2D eigenvalue weighted by molar-refractivity contribution is 9.10. The smallest absolute Gasteiger partial charge is 0.131 e. The molecule has 0 fully saturated rings. The first-order chi connectivity index (χ1) is 9.56. The molecule has 0 heterocycles.